The fourth-order valence-corrected chi connectivity index (χ4v) is 7.07. The first kappa shape index (κ1) is 38.7. The number of hydrogen-bond acceptors (Lipinski definition) is 15. The molecular formula is C27H18Cl2F6N10O8S. The highest BCUT2D eigenvalue weighted by Crippen LogP contribution is 2.41. The number of rotatable bonds is 9. The molecule has 0 spiro atoms. The molecule has 1 aliphatic heterocycles. The van der Waals surface area contributed by atoms with Crippen molar-refractivity contribution in [1.82, 2.24) is 35.1 Å². The summed E-state index contributed by atoms with van der Waals surface area (Å²) in [6, 6.07) is 2.97. The maximum absolute atomic E-state index is 13.9. The summed E-state index contributed by atoms with van der Waals surface area (Å²) < 4.78 is 107. The number of benzene rings is 2. The summed E-state index contributed by atoms with van der Waals surface area (Å²) in [5.41, 5.74) is -10.4. The van der Waals surface area contributed by atoms with E-state index >= 15 is 0 Å². The lowest BCUT2D eigenvalue weighted by molar-refractivity contribution is -0.383. The van der Waals surface area contributed by atoms with E-state index in [1.807, 2.05) is 0 Å². The van der Waals surface area contributed by atoms with Crippen LogP contribution in [0, 0.1) is 21.4 Å². The Hall–Kier alpha value is -4.97. The van der Waals surface area contributed by atoms with Crippen molar-refractivity contribution < 1.29 is 60.2 Å². The molecule has 0 amide bonds. The number of fused-ring (bicyclic) bond motifs is 1. The number of nitro groups is 1. The van der Waals surface area contributed by atoms with E-state index in [2.05, 4.69) is 35.7 Å². The van der Waals surface area contributed by atoms with Crippen molar-refractivity contribution in [2.24, 2.45) is 0 Å². The average Bonchev–Trinajstić information content (AvgIpc) is 3.85. The normalized spacial score (nSPS) is 21.3. The van der Waals surface area contributed by atoms with E-state index in [1.165, 1.54) is 12.1 Å². The van der Waals surface area contributed by atoms with Crippen molar-refractivity contribution >= 4 is 56.4 Å². The van der Waals surface area contributed by atoms with Crippen LogP contribution in [0.15, 0.2) is 40.0 Å². The SMILES string of the molecule is N#Cc1nn(-c2c(Cl)cc(C(F)(F)F)cc2Cl)c(Cc2cn([C@@H]3O[C@H](CO)[C@@H](O)[C@H](O)[C@H]3Nc3ccc([N+](=O)[O-])c4nonc34)nn2)c1S(=O)C(F)(F)F. The molecule has 27 heteroatoms. The molecule has 5 aromatic rings. The number of aliphatic hydroxyl groups is 3. The van der Waals surface area contributed by atoms with Crippen LogP contribution >= 0.6 is 23.2 Å². The van der Waals surface area contributed by atoms with E-state index in [9.17, 15) is 61.2 Å². The first-order valence-electron chi connectivity index (χ1n) is 14.6. The summed E-state index contributed by atoms with van der Waals surface area (Å²) >= 11 is 12.2. The lowest BCUT2D eigenvalue weighted by Crippen LogP contribution is -2.59. The van der Waals surface area contributed by atoms with Crippen LogP contribution in [0.25, 0.3) is 16.7 Å². The predicted molar refractivity (Wildman–Crippen MR) is 167 cm³/mol. The van der Waals surface area contributed by atoms with Crippen molar-refractivity contribution in [3.8, 4) is 11.8 Å². The van der Waals surface area contributed by atoms with Gasteiger partial charge in [0.05, 0.1) is 50.4 Å². The number of aromatic nitrogens is 7. The molecule has 0 radical (unpaired) electrons. The third-order valence-electron chi connectivity index (χ3n) is 7.97. The Bertz CT molecular complexity index is 2310. The van der Waals surface area contributed by atoms with Gasteiger partial charge in [-0.15, -0.1) is 5.10 Å². The molecule has 6 atom stereocenters. The number of halogens is 8. The van der Waals surface area contributed by atoms with E-state index < -0.39 is 114 Å². The van der Waals surface area contributed by atoms with Crippen LogP contribution in [0.5, 0.6) is 0 Å². The Morgan fingerprint density at radius 2 is 1.76 bits per heavy atom. The van der Waals surface area contributed by atoms with Gasteiger partial charge in [-0.2, -0.15) is 36.7 Å². The molecule has 1 saturated heterocycles. The molecule has 54 heavy (non-hydrogen) atoms. The fourth-order valence-electron chi connectivity index (χ4n) is 5.56. The zero-order valence-corrected chi connectivity index (χ0v) is 28.4. The lowest BCUT2D eigenvalue weighted by atomic mass is 9.95. The van der Waals surface area contributed by atoms with Gasteiger partial charge in [-0.25, -0.2) is 18.2 Å². The summed E-state index contributed by atoms with van der Waals surface area (Å²) in [6.07, 6.45) is -11.2. The molecule has 286 valence electrons. The van der Waals surface area contributed by atoms with Crippen LogP contribution < -0.4 is 5.32 Å². The standard InChI is InChI=1S/C27H18Cl2F6N10O8S/c28-11-3-9(26(30,31)32)4-12(29)21(11)44-16(24(14(6-36)39-44)54(51)27(33,34)35)5-10-7-43(42-38-10)25-20(23(48)22(47)17(8-46)52-25)37-13-1-2-15(45(49)50)19-18(13)40-53-41-19/h1-4,7,17,20,22-23,25,37,46-48H,5,8H2/t17-,20-,22-,23-,25-,54?/m1/s1. The van der Waals surface area contributed by atoms with Crippen LogP contribution in [0.3, 0.4) is 0 Å². The first-order chi connectivity index (χ1) is 25.3. The molecule has 0 bridgehead atoms. The molecule has 2 aromatic carbocycles. The molecule has 0 saturated carbocycles. The van der Waals surface area contributed by atoms with Gasteiger partial charge in [0.15, 0.2) is 28.2 Å². The lowest BCUT2D eigenvalue weighted by Gasteiger charge is -2.42. The number of alkyl halides is 6. The van der Waals surface area contributed by atoms with Crippen molar-refractivity contribution in [3.63, 3.8) is 0 Å². The number of nitrogens with zero attached hydrogens (tertiary/aromatic N) is 9. The van der Waals surface area contributed by atoms with E-state index in [4.69, 9.17) is 27.9 Å². The van der Waals surface area contributed by atoms with Gasteiger partial charge in [-0.1, -0.05) is 28.4 Å². The number of hydrogen-bond donors (Lipinski definition) is 4. The molecule has 0 aliphatic carbocycles. The van der Waals surface area contributed by atoms with Crippen LogP contribution in [0.1, 0.15) is 28.9 Å². The first-order valence-corrected chi connectivity index (χ1v) is 16.5. The van der Waals surface area contributed by atoms with Crippen molar-refractivity contribution in [1.29, 1.82) is 5.26 Å². The van der Waals surface area contributed by atoms with Crippen molar-refractivity contribution in [3.05, 3.63) is 73.3 Å². The number of nitrogens with one attached hydrogen (secondary N) is 1. The van der Waals surface area contributed by atoms with Crippen molar-refractivity contribution in [2.45, 2.75) is 53.6 Å². The molecule has 4 N–H and O–H groups in total. The smallest absolute Gasteiger partial charge is 0.394 e. The number of nitriles is 1. The third-order valence-corrected chi connectivity index (χ3v) is 9.77. The quantitative estimate of drug-likeness (QED) is 0.0944. The van der Waals surface area contributed by atoms with Gasteiger partial charge >= 0.3 is 17.4 Å². The molecule has 1 unspecified atom stereocenters. The van der Waals surface area contributed by atoms with Gasteiger partial charge in [0.2, 0.25) is 5.52 Å². The maximum Gasteiger partial charge on any atom is 0.476 e. The Labute approximate surface area is 307 Å². The minimum Gasteiger partial charge on any atom is -0.394 e. The van der Waals surface area contributed by atoms with Gasteiger partial charge in [-0.05, 0) is 28.5 Å². The van der Waals surface area contributed by atoms with Crippen molar-refractivity contribution in [2.75, 3.05) is 11.9 Å². The van der Waals surface area contributed by atoms with Gasteiger partial charge in [0.1, 0.15) is 41.0 Å². The van der Waals surface area contributed by atoms with Gasteiger partial charge in [0, 0.05) is 12.5 Å². The van der Waals surface area contributed by atoms with E-state index in [0.29, 0.717) is 16.8 Å². The predicted octanol–water partition coefficient (Wildman–Crippen LogP) is 3.42. The maximum atomic E-state index is 13.9. The number of nitro benzene ring substituents is 1. The van der Waals surface area contributed by atoms with Gasteiger partial charge < -0.3 is 25.4 Å². The minimum atomic E-state index is -5.46. The zero-order valence-electron chi connectivity index (χ0n) is 26.0. The topological polar surface area (TPSA) is 253 Å². The second-order valence-corrected chi connectivity index (χ2v) is 13.5. The van der Waals surface area contributed by atoms with E-state index in [0.717, 1.165) is 16.9 Å². The number of ether oxygens (including phenoxy) is 1. The molecule has 18 nitrogen and oxygen atoms in total. The Morgan fingerprint density at radius 3 is 2.35 bits per heavy atom. The van der Waals surface area contributed by atoms with E-state index in [1.54, 1.807) is 0 Å². The molecule has 1 aliphatic rings. The Balaban J connectivity index is 1.44. The van der Waals surface area contributed by atoms with Crippen LogP contribution in [-0.4, -0.2) is 96.0 Å². The van der Waals surface area contributed by atoms with Crippen LogP contribution in [0.2, 0.25) is 10.0 Å². The fraction of sp³-hybridized carbons (Fsp3) is 0.333. The summed E-state index contributed by atoms with van der Waals surface area (Å²) in [6.45, 7) is -0.838. The molecule has 6 rings (SSSR count). The molecule has 1 fully saturated rings. The zero-order chi connectivity index (χ0) is 39.4. The monoisotopic (exact) mass is 826 g/mol. The molecule has 4 heterocycles. The van der Waals surface area contributed by atoms with E-state index in [-0.39, 0.29) is 22.4 Å². The summed E-state index contributed by atoms with van der Waals surface area (Å²) in [5.74, 6) is 0. The number of anilines is 1. The second kappa shape index (κ2) is 14.4. The average molecular weight is 827 g/mol. The summed E-state index contributed by atoms with van der Waals surface area (Å²) in [7, 11) is -3.95. The minimum absolute atomic E-state index is 0.0259. The number of non-ortho nitro benzene ring substituents is 1. The van der Waals surface area contributed by atoms with Gasteiger partial charge in [-0.3, -0.25) is 10.1 Å². The Morgan fingerprint density at radius 1 is 1.09 bits per heavy atom. The summed E-state index contributed by atoms with van der Waals surface area (Å²) in [4.78, 5) is 9.50. The highest BCUT2D eigenvalue weighted by molar-refractivity contribution is 7.86. The van der Waals surface area contributed by atoms with Crippen LogP contribution in [0.4, 0.5) is 37.7 Å². The highest BCUT2D eigenvalue weighted by Gasteiger charge is 2.47. The highest BCUT2D eigenvalue weighted by atomic mass is 35.5. The second-order valence-electron chi connectivity index (χ2n) is 11.3. The number of aliphatic hydroxyl groups excluding tert-OH is 3. The third kappa shape index (κ3) is 7.03. The van der Waals surface area contributed by atoms with Crippen LogP contribution in [-0.2, 0) is 28.1 Å². The Kier molecular flexibility index (Phi) is 10.3. The molecule has 3 aromatic heterocycles. The summed E-state index contributed by atoms with van der Waals surface area (Å²) in [5, 5.41) is 72.7. The molecular weight excluding hydrogens is 809 g/mol. The largest absolute Gasteiger partial charge is 0.476 e. The van der Waals surface area contributed by atoms with Gasteiger partial charge in [0.25, 0.3) is 0 Å².